The summed E-state index contributed by atoms with van der Waals surface area (Å²) in [5.74, 6) is 1.78. The van der Waals surface area contributed by atoms with E-state index in [2.05, 4.69) is 48.4 Å². The molecule has 2 aromatic rings. The second kappa shape index (κ2) is 3.74. The smallest absolute Gasteiger partial charge is 0.104 e. The first-order valence-electron chi connectivity index (χ1n) is 5.07. The Morgan fingerprint density at radius 2 is 2.07 bits per heavy atom. The summed E-state index contributed by atoms with van der Waals surface area (Å²) in [4.78, 5) is 3.34. The molecule has 2 rings (SSSR count). The van der Waals surface area contributed by atoms with Crippen molar-refractivity contribution in [1.82, 2.24) is 4.98 Å². The van der Waals surface area contributed by atoms with Crippen LogP contribution >= 0.6 is 0 Å². The summed E-state index contributed by atoms with van der Waals surface area (Å²) in [6.45, 7) is 5.41. The fourth-order valence-corrected chi connectivity index (χ4v) is 1.48. The van der Waals surface area contributed by atoms with Gasteiger partial charge in [0.1, 0.15) is 5.82 Å². The van der Waals surface area contributed by atoms with Gasteiger partial charge in [-0.05, 0) is 18.1 Å². The van der Waals surface area contributed by atoms with Crippen LogP contribution < -0.4 is 5.32 Å². The summed E-state index contributed by atoms with van der Waals surface area (Å²) in [5.41, 5.74) is 1.19. The van der Waals surface area contributed by atoms with Crippen molar-refractivity contribution in [1.29, 1.82) is 0 Å². The minimum Gasteiger partial charge on any atom is -0.371 e. The first kappa shape index (κ1) is 9.13. The van der Waals surface area contributed by atoms with E-state index in [0.717, 1.165) is 12.4 Å². The van der Waals surface area contributed by atoms with Crippen LogP contribution in [-0.4, -0.2) is 11.5 Å². The van der Waals surface area contributed by atoms with Crippen molar-refractivity contribution in [3.05, 3.63) is 30.3 Å². The van der Waals surface area contributed by atoms with Crippen LogP contribution in [-0.2, 0) is 0 Å². The number of para-hydroxylation sites is 1. The molecular weight excluding hydrogens is 172 g/mol. The maximum atomic E-state index is 3.38. The first-order chi connectivity index (χ1) is 6.75. The lowest BCUT2D eigenvalue weighted by Crippen LogP contribution is -2.07. The van der Waals surface area contributed by atoms with Crippen molar-refractivity contribution in [2.75, 3.05) is 11.9 Å². The molecule has 1 aromatic heterocycles. The van der Waals surface area contributed by atoms with E-state index in [1.54, 1.807) is 0 Å². The van der Waals surface area contributed by atoms with E-state index in [9.17, 15) is 0 Å². The molecule has 0 saturated heterocycles. The number of hydrogen-bond acceptors (Lipinski definition) is 1. The second-order valence-electron chi connectivity index (χ2n) is 4.05. The van der Waals surface area contributed by atoms with Crippen LogP contribution in [0, 0.1) is 5.92 Å². The molecule has 0 radical (unpaired) electrons. The van der Waals surface area contributed by atoms with Gasteiger partial charge in [0, 0.05) is 17.4 Å². The van der Waals surface area contributed by atoms with Crippen LogP contribution in [0.2, 0.25) is 0 Å². The lowest BCUT2D eigenvalue weighted by molar-refractivity contribution is 0.687. The lowest BCUT2D eigenvalue weighted by Gasteiger charge is -2.05. The molecule has 0 aliphatic heterocycles. The highest BCUT2D eigenvalue weighted by Gasteiger charge is 1.99. The summed E-state index contributed by atoms with van der Waals surface area (Å²) in [7, 11) is 0. The molecule has 0 atom stereocenters. The molecule has 2 N–H and O–H groups in total. The van der Waals surface area contributed by atoms with Crippen molar-refractivity contribution >= 4 is 16.7 Å². The number of aromatic amines is 1. The molecule has 74 valence electrons. The Bertz CT molecular complexity index is 382. The average molecular weight is 188 g/mol. The van der Waals surface area contributed by atoms with Gasteiger partial charge in [0.2, 0.25) is 0 Å². The Labute approximate surface area is 84.3 Å². The molecule has 0 spiro atoms. The molecule has 2 heteroatoms. The molecule has 1 aromatic carbocycles. The van der Waals surface area contributed by atoms with E-state index in [1.807, 2.05) is 6.07 Å². The van der Waals surface area contributed by atoms with E-state index in [-0.39, 0.29) is 0 Å². The lowest BCUT2D eigenvalue weighted by atomic mass is 10.2. The van der Waals surface area contributed by atoms with E-state index in [4.69, 9.17) is 0 Å². The maximum absolute atomic E-state index is 3.38. The van der Waals surface area contributed by atoms with E-state index in [1.165, 1.54) is 10.9 Å². The minimum atomic E-state index is 0.668. The molecule has 0 bridgehead atoms. The van der Waals surface area contributed by atoms with Gasteiger partial charge in [-0.15, -0.1) is 0 Å². The van der Waals surface area contributed by atoms with E-state index >= 15 is 0 Å². The number of H-pyrrole nitrogens is 1. The molecule has 14 heavy (non-hydrogen) atoms. The van der Waals surface area contributed by atoms with Crippen LogP contribution in [0.3, 0.4) is 0 Å². The fraction of sp³-hybridized carbons (Fsp3) is 0.333. The SMILES string of the molecule is CC(C)CNc1cc2ccccc2[nH]1. The Hall–Kier alpha value is -1.44. The van der Waals surface area contributed by atoms with Crippen LogP contribution in [0.4, 0.5) is 5.82 Å². The summed E-state index contributed by atoms with van der Waals surface area (Å²) in [5, 5.41) is 4.64. The van der Waals surface area contributed by atoms with Crippen LogP contribution in [0.1, 0.15) is 13.8 Å². The van der Waals surface area contributed by atoms with Crippen molar-refractivity contribution in [3.8, 4) is 0 Å². The summed E-state index contributed by atoms with van der Waals surface area (Å²) >= 11 is 0. The van der Waals surface area contributed by atoms with Gasteiger partial charge in [0.15, 0.2) is 0 Å². The molecule has 0 amide bonds. The van der Waals surface area contributed by atoms with Gasteiger partial charge >= 0.3 is 0 Å². The number of benzene rings is 1. The van der Waals surface area contributed by atoms with Crippen molar-refractivity contribution in [2.45, 2.75) is 13.8 Å². The topological polar surface area (TPSA) is 27.8 Å². The predicted molar refractivity (Wildman–Crippen MR) is 61.6 cm³/mol. The summed E-state index contributed by atoms with van der Waals surface area (Å²) in [6.07, 6.45) is 0. The average Bonchev–Trinajstić information content (AvgIpc) is 2.57. The summed E-state index contributed by atoms with van der Waals surface area (Å²) < 4.78 is 0. The Morgan fingerprint density at radius 1 is 1.29 bits per heavy atom. The molecule has 0 fully saturated rings. The highest BCUT2D eigenvalue weighted by molar-refractivity contribution is 5.83. The van der Waals surface area contributed by atoms with Gasteiger partial charge in [0.25, 0.3) is 0 Å². The Kier molecular flexibility index (Phi) is 2.44. The molecule has 2 nitrogen and oxygen atoms in total. The van der Waals surface area contributed by atoms with E-state index < -0.39 is 0 Å². The van der Waals surface area contributed by atoms with Crippen LogP contribution in [0.15, 0.2) is 30.3 Å². The number of anilines is 1. The van der Waals surface area contributed by atoms with Gasteiger partial charge in [0.05, 0.1) is 0 Å². The third-order valence-corrected chi connectivity index (χ3v) is 2.23. The van der Waals surface area contributed by atoms with Gasteiger partial charge in [-0.25, -0.2) is 0 Å². The fourth-order valence-electron chi connectivity index (χ4n) is 1.48. The second-order valence-corrected chi connectivity index (χ2v) is 4.05. The number of nitrogens with one attached hydrogen (secondary N) is 2. The molecule has 0 aliphatic carbocycles. The van der Waals surface area contributed by atoms with Crippen molar-refractivity contribution in [3.63, 3.8) is 0 Å². The minimum absolute atomic E-state index is 0.668. The predicted octanol–water partition coefficient (Wildman–Crippen LogP) is 3.24. The maximum Gasteiger partial charge on any atom is 0.104 e. The zero-order valence-corrected chi connectivity index (χ0v) is 8.67. The van der Waals surface area contributed by atoms with Crippen LogP contribution in [0.25, 0.3) is 10.9 Å². The highest BCUT2D eigenvalue weighted by Crippen LogP contribution is 2.17. The first-order valence-corrected chi connectivity index (χ1v) is 5.07. The molecule has 1 heterocycles. The standard InChI is InChI=1S/C12H16N2/c1-9(2)8-13-12-7-10-5-3-4-6-11(10)14-12/h3-7,9,13-14H,8H2,1-2H3. The van der Waals surface area contributed by atoms with E-state index in [0.29, 0.717) is 5.92 Å². The zero-order valence-electron chi connectivity index (χ0n) is 8.67. The van der Waals surface area contributed by atoms with Gasteiger partial charge < -0.3 is 10.3 Å². The number of rotatable bonds is 3. The van der Waals surface area contributed by atoms with Gasteiger partial charge in [-0.3, -0.25) is 0 Å². The highest BCUT2D eigenvalue weighted by atomic mass is 15.0. The van der Waals surface area contributed by atoms with Gasteiger partial charge in [-0.1, -0.05) is 32.0 Å². The summed E-state index contributed by atoms with van der Waals surface area (Å²) in [6, 6.07) is 10.5. The number of hydrogen-bond donors (Lipinski definition) is 2. The Morgan fingerprint density at radius 3 is 2.79 bits per heavy atom. The normalized spacial score (nSPS) is 11.1. The van der Waals surface area contributed by atoms with Crippen molar-refractivity contribution in [2.24, 2.45) is 5.92 Å². The quantitative estimate of drug-likeness (QED) is 0.760. The largest absolute Gasteiger partial charge is 0.371 e. The Balaban J connectivity index is 2.19. The molecule has 0 saturated carbocycles. The molecular formula is C12H16N2. The molecule has 0 unspecified atom stereocenters. The van der Waals surface area contributed by atoms with Crippen molar-refractivity contribution < 1.29 is 0 Å². The van der Waals surface area contributed by atoms with Crippen LogP contribution in [0.5, 0.6) is 0 Å². The number of fused-ring (bicyclic) bond motifs is 1. The molecule has 0 aliphatic rings. The third-order valence-electron chi connectivity index (χ3n) is 2.23. The zero-order chi connectivity index (χ0) is 9.97. The third kappa shape index (κ3) is 1.90. The van der Waals surface area contributed by atoms with Gasteiger partial charge in [-0.2, -0.15) is 0 Å². The number of aromatic nitrogens is 1. The monoisotopic (exact) mass is 188 g/mol.